The Hall–Kier alpha value is -2.62. The molecule has 0 saturated heterocycles. The minimum atomic E-state index is 0.00595. The standard InChI is InChI=1S/C25H25N3O/c29-23(27-24-12-16-10-18-11-19(14-24)25(18,13-16)15-24)21-20-8-4-5-9-28(20)22(26-21)17-6-2-1-3-7-17/h1-9,16,18-19H,10-15H2,(H,27,29). The molecule has 0 radical (unpaired) electrons. The van der Waals surface area contributed by atoms with Crippen molar-refractivity contribution in [1.29, 1.82) is 0 Å². The molecule has 4 aliphatic rings. The van der Waals surface area contributed by atoms with Gasteiger partial charge < -0.3 is 5.32 Å². The lowest BCUT2D eigenvalue weighted by Gasteiger charge is -2.49. The Kier molecular flexibility index (Phi) is 2.96. The highest BCUT2D eigenvalue weighted by Crippen LogP contribution is 2.76. The van der Waals surface area contributed by atoms with Gasteiger partial charge in [0.05, 0.1) is 5.52 Å². The summed E-state index contributed by atoms with van der Waals surface area (Å²) in [7, 11) is 0. The molecule has 5 atom stereocenters. The van der Waals surface area contributed by atoms with Gasteiger partial charge in [0.25, 0.3) is 5.91 Å². The topological polar surface area (TPSA) is 46.4 Å². The van der Waals surface area contributed by atoms with E-state index in [1.54, 1.807) is 0 Å². The van der Waals surface area contributed by atoms with E-state index in [9.17, 15) is 4.79 Å². The van der Waals surface area contributed by atoms with Crippen LogP contribution in [0.1, 0.15) is 49.0 Å². The number of fused-ring (bicyclic) bond motifs is 3. The van der Waals surface area contributed by atoms with Crippen molar-refractivity contribution in [2.75, 3.05) is 0 Å². The van der Waals surface area contributed by atoms with E-state index in [1.807, 2.05) is 47.0 Å². The fraction of sp³-hybridized carbons (Fsp3) is 0.440. The minimum Gasteiger partial charge on any atom is -0.345 e. The van der Waals surface area contributed by atoms with E-state index in [4.69, 9.17) is 4.98 Å². The number of hydrogen-bond acceptors (Lipinski definition) is 2. The van der Waals surface area contributed by atoms with E-state index in [1.165, 1.54) is 38.5 Å². The first-order valence-corrected chi connectivity index (χ1v) is 11.0. The number of imidazole rings is 1. The van der Waals surface area contributed by atoms with Crippen LogP contribution in [0.15, 0.2) is 54.7 Å². The molecule has 146 valence electrons. The van der Waals surface area contributed by atoms with E-state index in [-0.39, 0.29) is 11.4 Å². The molecule has 2 aromatic heterocycles. The first-order valence-electron chi connectivity index (χ1n) is 11.0. The molecule has 4 saturated carbocycles. The van der Waals surface area contributed by atoms with E-state index >= 15 is 0 Å². The van der Waals surface area contributed by atoms with Crippen molar-refractivity contribution in [3.05, 3.63) is 60.4 Å². The fourth-order valence-corrected chi connectivity index (χ4v) is 7.80. The highest BCUT2D eigenvalue weighted by atomic mass is 16.2. The summed E-state index contributed by atoms with van der Waals surface area (Å²) in [6, 6.07) is 16.1. The summed E-state index contributed by atoms with van der Waals surface area (Å²) in [5.74, 6) is 3.44. The van der Waals surface area contributed by atoms with Crippen LogP contribution in [0.4, 0.5) is 0 Å². The second-order valence-corrected chi connectivity index (χ2v) is 10.1. The average Bonchev–Trinajstić information content (AvgIpc) is 3.27. The Morgan fingerprint density at radius 1 is 1.00 bits per heavy atom. The Labute approximate surface area is 170 Å². The number of rotatable bonds is 3. The van der Waals surface area contributed by atoms with E-state index in [0.717, 1.165) is 34.7 Å². The summed E-state index contributed by atoms with van der Waals surface area (Å²) < 4.78 is 2.04. The van der Waals surface area contributed by atoms with Crippen LogP contribution in [0.2, 0.25) is 0 Å². The number of hydrogen-bond donors (Lipinski definition) is 1. The fourth-order valence-electron chi connectivity index (χ4n) is 7.80. The third kappa shape index (κ3) is 2.04. The molecule has 1 spiro atoms. The minimum absolute atomic E-state index is 0.00595. The third-order valence-electron chi connectivity index (χ3n) is 8.64. The predicted molar refractivity (Wildman–Crippen MR) is 111 cm³/mol. The number of pyridine rings is 1. The molecule has 5 unspecified atom stereocenters. The van der Waals surface area contributed by atoms with Gasteiger partial charge in [-0.25, -0.2) is 4.98 Å². The Morgan fingerprint density at radius 2 is 1.86 bits per heavy atom. The van der Waals surface area contributed by atoms with Crippen molar-refractivity contribution in [3.63, 3.8) is 0 Å². The maximum Gasteiger partial charge on any atom is 0.272 e. The zero-order chi connectivity index (χ0) is 19.2. The third-order valence-corrected chi connectivity index (χ3v) is 8.64. The van der Waals surface area contributed by atoms with Crippen LogP contribution in [-0.2, 0) is 0 Å². The van der Waals surface area contributed by atoms with E-state index < -0.39 is 0 Å². The van der Waals surface area contributed by atoms with Crippen LogP contribution in [0, 0.1) is 23.2 Å². The first-order chi connectivity index (χ1) is 14.2. The summed E-state index contributed by atoms with van der Waals surface area (Å²) in [5.41, 5.74) is 3.05. The summed E-state index contributed by atoms with van der Waals surface area (Å²) in [6.45, 7) is 0. The van der Waals surface area contributed by atoms with Crippen LogP contribution < -0.4 is 5.32 Å². The van der Waals surface area contributed by atoms with Gasteiger partial charge in [-0.15, -0.1) is 0 Å². The SMILES string of the molecule is O=C(NC12CC3CC4CC(C1)C4(C3)C2)c1nc(-c2ccccc2)n2ccccc12. The molecule has 0 aliphatic heterocycles. The highest BCUT2D eigenvalue weighted by molar-refractivity contribution is 6.00. The Bertz CT molecular complexity index is 1150. The number of carbonyl (C=O) groups is 1. The molecule has 1 amide bonds. The molecule has 2 heterocycles. The van der Waals surface area contributed by atoms with Crippen LogP contribution in [0.25, 0.3) is 16.9 Å². The average molecular weight is 383 g/mol. The predicted octanol–water partition coefficient (Wildman–Crippen LogP) is 4.70. The lowest BCUT2D eigenvalue weighted by Crippen LogP contribution is -2.50. The molecule has 4 aliphatic carbocycles. The van der Waals surface area contributed by atoms with Gasteiger partial charge >= 0.3 is 0 Å². The smallest absolute Gasteiger partial charge is 0.272 e. The van der Waals surface area contributed by atoms with Gasteiger partial charge in [-0.2, -0.15) is 0 Å². The maximum absolute atomic E-state index is 13.5. The molecule has 4 nitrogen and oxygen atoms in total. The van der Waals surface area contributed by atoms with Crippen LogP contribution in [0.3, 0.4) is 0 Å². The zero-order valence-corrected chi connectivity index (χ0v) is 16.5. The van der Waals surface area contributed by atoms with Gasteiger partial charge in [-0.1, -0.05) is 36.4 Å². The molecular weight excluding hydrogens is 358 g/mol. The normalized spacial score (nSPS) is 36.2. The molecule has 7 rings (SSSR count). The summed E-state index contributed by atoms with van der Waals surface area (Å²) in [6.07, 6.45) is 9.79. The molecule has 4 fully saturated rings. The Balaban J connectivity index is 1.27. The summed E-state index contributed by atoms with van der Waals surface area (Å²) in [4.78, 5) is 18.4. The largest absolute Gasteiger partial charge is 0.345 e. The van der Waals surface area contributed by atoms with Crippen LogP contribution in [0.5, 0.6) is 0 Å². The molecular formula is C25H25N3O. The van der Waals surface area contributed by atoms with E-state index in [0.29, 0.717) is 11.1 Å². The van der Waals surface area contributed by atoms with Gasteiger partial charge in [-0.3, -0.25) is 9.20 Å². The van der Waals surface area contributed by atoms with Gasteiger partial charge in [0.2, 0.25) is 0 Å². The molecule has 29 heavy (non-hydrogen) atoms. The van der Waals surface area contributed by atoms with Crippen LogP contribution >= 0.6 is 0 Å². The van der Waals surface area contributed by atoms with Crippen molar-refractivity contribution < 1.29 is 4.79 Å². The first kappa shape index (κ1) is 16.2. The number of nitrogens with one attached hydrogen (secondary N) is 1. The maximum atomic E-state index is 13.5. The van der Waals surface area contributed by atoms with Crippen molar-refractivity contribution in [2.24, 2.45) is 23.2 Å². The molecule has 1 N–H and O–H groups in total. The van der Waals surface area contributed by atoms with Gasteiger partial charge in [0.15, 0.2) is 5.69 Å². The van der Waals surface area contributed by atoms with Gasteiger partial charge in [0.1, 0.15) is 5.82 Å². The second-order valence-electron chi connectivity index (χ2n) is 10.1. The number of benzene rings is 1. The Morgan fingerprint density at radius 3 is 2.76 bits per heavy atom. The zero-order valence-electron chi connectivity index (χ0n) is 16.5. The molecule has 4 heteroatoms. The van der Waals surface area contributed by atoms with Gasteiger partial charge in [-0.05, 0) is 73.8 Å². The number of amides is 1. The molecule has 3 aromatic rings. The molecule has 3 bridgehead atoms. The highest BCUT2D eigenvalue weighted by Gasteiger charge is 2.71. The quantitative estimate of drug-likeness (QED) is 0.713. The summed E-state index contributed by atoms with van der Waals surface area (Å²) in [5, 5.41) is 3.53. The molecule has 1 aromatic carbocycles. The van der Waals surface area contributed by atoms with Crippen molar-refractivity contribution >= 4 is 11.4 Å². The summed E-state index contributed by atoms with van der Waals surface area (Å²) >= 11 is 0. The van der Waals surface area contributed by atoms with Crippen LogP contribution in [-0.4, -0.2) is 20.8 Å². The lowest BCUT2D eigenvalue weighted by molar-refractivity contribution is -0.000693. The van der Waals surface area contributed by atoms with Crippen molar-refractivity contribution in [1.82, 2.24) is 14.7 Å². The van der Waals surface area contributed by atoms with Gasteiger partial charge in [0, 0.05) is 17.3 Å². The number of nitrogens with zero attached hydrogens (tertiary/aromatic N) is 2. The number of aromatic nitrogens is 2. The van der Waals surface area contributed by atoms with Crippen molar-refractivity contribution in [3.8, 4) is 11.4 Å². The van der Waals surface area contributed by atoms with E-state index in [2.05, 4.69) is 17.4 Å². The van der Waals surface area contributed by atoms with Crippen molar-refractivity contribution in [2.45, 2.75) is 44.1 Å². The second kappa shape index (κ2) is 5.29. The monoisotopic (exact) mass is 383 g/mol. The lowest BCUT2D eigenvalue weighted by atomic mass is 9.56. The number of carbonyl (C=O) groups excluding carboxylic acids is 1.